The molecule has 5 nitrogen and oxygen atoms in total. The zero-order valence-corrected chi connectivity index (χ0v) is 9.32. The van der Waals surface area contributed by atoms with E-state index < -0.39 is 0 Å². The molecule has 0 unspecified atom stereocenters. The predicted molar refractivity (Wildman–Crippen MR) is 62.2 cm³/mol. The minimum atomic E-state index is 0.173. The molecule has 1 saturated carbocycles. The van der Waals surface area contributed by atoms with Gasteiger partial charge in [-0.05, 0) is 19.8 Å². The Bertz CT molecular complexity index is 498. The van der Waals surface area contributed by atoms with Crippen LogP contribution >= 0.6 is 0 Å². The molecule has 16 heavy (non-hydrogen) atoms. The molecule has 5 heteroatoms. The van der Waals surface area contributed by atoms with Crippen molar-refractivity contribution in [1.29, 1.82) is 0 Å². The summed E-state index contributed by atoms with van der Waals surface area (Å²) in [6, 6.07) is 0. The third-order valence-corrected chi connectivity index (χ3v) is 3.35. The quantitative estimate of drug-likeness (QED) is 0.808. The molecule has 0 aromatic carbocycles. The first kappa shape index (κ1) is 9.57. The summed E-state index contributed by atoms with van der Waals surface area (Å²) in [5.41, 5.74) is 1.79. The molecule has 0 amide bonds. The number of hydrogen-bond donors (Lipinski definition) is 2. The van der Waals surface area contributed by atoms with E-state index in [1.165, 1.54) is 25.7 Å². The topological polar surface area (TPSA) is 66.5 Å². The highest BCUT2D eigenvalue weighted by atomic mass is 15.1. The Hall–Kier alpha value is -1.65. The third kappa shape index (κ3) is 1.52. The van der Waals surface area contributed by atoms with E-state index in [0.29, 0.717) is 0 Å². The van der Waals surface area contributed by atoms with Gasteiger partial charge in [-0.1, -0.05) is 12.8 Å². The second kappa shape index (κ2) is 3.43. The van der Waals surface area contributed by atoms with Crippen LogP contribution in [-0.2, 0) is 0 Å². The molecule has 2 aromatic rings. The SMILES string of the molecule is CC1(Nc2ncnc3nc[nH]c23)CCCC1. The molecule has 2 heterocycles. The maximum Gasteiger partial charge on any atom is 0.182 e. The normalized spacial score (nSPS) is 19.1. The number of anilines is 1. The van der Waals surface area contributed by atoms with Gasteiger partial charge in [-0.3, -0.25) is 0 Å². The van der Waals surface area contributed by atoms with Gasteiger partial charge in [0.2, 0.25) is 0 Å². The molecule has 84 valence electrons. The van der Waals surface area contributed by atoms with E-state index >= 15 is 0 Å². The summed E-state index contributed by atoms with van der Waals surface area (Å²) in [6.07, 6.45) is 8.20. The smallest absolute Gasteiger partial charge is 0.182 e. The summed E-state index contributed by atoms with van der Waals surface area (Å²) in [7, 11) is 0. The van der Waals surface area contributed by atoms with Crippen molar-refractivity contribution in [1.82, 2.24) is 19.9 Å². The Morgan fingerprint density at radius 3 is 2.88 bits per heavy atom. The number of aromatic nitrogens is 4. The highest BCUT2D eigenvalue weighted by Crippen LogP contribution is 2.33. The van der Waals surface area contributed by atoms with E-state index in [4.69, 9.17) is 0 Å². The third-order valence-electron chi connectivity index (χ3n) is 3.35. The van der Waals surface area contributed by atoms with Crippen molar-refractivity contribution in [3.05, 3.63) is 12.7 Å². The minimum Gasteiger partial charge on any atom is -0.363 e. The van der Waals surface area contributed by atoms with Gasteiger partial charge in [0, 0.05) is 5.54 Å². The van der Waals surface area contributed by atoms with Crippen molar-refractivity contribution in [2.24, 2.45) is 0 Å². The second-order valence-corrected chi connectivity index (χ2v) is 4.72. The lowest BCUT2D eigenvalue weighted by atomic mass is 10.0. The molecule has 2 N–H and O–H groups in total. The maximum absolute atomic E-state index is 4.29. The van der Waals surface area contributed by atoms with Crippen molar-refractivity contribution in [2.45, 2.75) is 38.1 Å². The minimum absolute atomic E-state index is 0.173. The number of aromatic amines is 1. The Kier molecular flexibility index (Phi) is 2.05. The van der Waals surface area contributed by atoms with Crippen LogP contribution in [0.1, 0.15) is 32.6 Å². The number of H-pyrrole nitrogens is 1. The van der Waals surface area contributed by atoms with Crippen LogP contribution in [0.4, 0.5) is 5.82 Å². The summed E-state index contributed by atoms with van der Waals surface area (Å²) in [6.45, 7) is 2.25. The summed E-state index contributed by atoms with van der Waals surface area (Å²) in [5, 5.41) is 3.52. The number of hydrogen-bond acceptors (Lipinski definition) is 4. The molecule has 0 radical (unpaired) electrons. The first-order valence-electron chi connectivity index (χ1n) is 5.69. The van der Waals surface area contributed by atoms with E-state index in [0.717, 1.165) is 17.0 Å². The van der Waals surface area contributed by atoms with Gasteiger partial charge in [0.05, 0.1) is 6.33 Å². The number of nitrogens with one attached hydrogen (secondary N) is 2. The number of fused-ring (bicyclic) bond motifs is 1. The average Bonchev–Trinajstić information content (AvgIpc) is 2.87. The molecule has 1 aliphatic rings. The Morgan fingerprint density at radius 2 is 2.06 bits per heavy atom. The van der Waals surface area contributed by atoms with E-state index in [1.54, 1.807) is 12.7 Å². The standard InChI is InChI=1S/C11H15N5/c1-11(4-2-3-5-11)16-10-8-9(13-6-12-8)14-7-15-10/h6-7H,2-5H2,1H3,(H2,12,13,14,15,16). The molecule has 0 spiro atoms. The fourth-order valence-electron chi connectivity index (χ4n) is 2.43. The van der Waals surface area contributed by atoms with Crippen LogP contribution in [0.15, 0.2) is 12.7 Å². The van der Waals surface area contributed by atoms with Gasteiger partial charge in [-0.2, -0.15) is 0 Å². The average molecular weight is 217 g/mol. The molecule has 0 saturated heterocycles. The van der Waals surface area contributed by atoms with Gasteiger partial charge in [-0.15, -0.1) is 0 Å². The van der Waals surface area contributed by atoms with Crippen molar-refractivity contribution >= 4 is 17.0 Å². The van der Waals surface area contributed by atoms with Gasteiger partial charge in [0.1, 0.15) is 11.8 Å². The van der Waals surface area contributed by atoms with Crippen molar-refractivity contribution in [3.63, 3.8) is 0 Å². The molecule has 1 aliphatic carbocycles. The highest BCUT2D eigenvalue weighted by Gasteiger charge is 2.29. The van der Waals surface area contributed by atoms with Crippen LogP contribution in [0.2, 0.25) is 0 Å². The van der Waals surface area contributed by atoms with E-state index in [2.05, 4.69) is 32.2 Å². The van der Waals surface area contributed by atoms with Crippen LogP contribution in [-0.4, -0.2) is 25.5 Å². The van der Waals surface area contributed by atoms with Gasteiger partial charge in [0.15, 0.2) is 11.5 Å². The van der Waals surface area contributed by atoms with Gasteiger partial charge >= 0.3 is 0 Å². The Morgan fingerprint density at radius 1 is 1.25 bits per heavy atom. The molecule has 0 atom stereocenters. The zero-order chi connectivity index (χ0) is 11.0. The number of nitrogens with zero attached hydrogens (tertiary/aromatic N) is 3. The Labute approximate surface area is 93.7 Å². The molecule has 1 fully saturated rings. The summed E-state index contributed by atoms with van der Waals surface area (Å²) < 4.78 is 0. The molecular weight excluding hydrogens is 202 g/mol. The van der Waals surface area contributed by atoms with Crippen LogP contribution in [0.25, 0.3) is 11.2 Å². The number of imidazole rings is 1. The molecule has 0 aliphatic heterocycles. The molecule has 2 aromatic heterocycles. The van der Waals surface area contributed by atoms with Crippen LogP contribution < -0.4 is 5.32 Å². The zero-order valence-electron chi connectivity index (χ0n) is 9.32. The van der Waals surface area contributed by atoms with Crippen LogP contribution in [0.5, 0.6) is 0 Å². The second-order valence-electron chi connectivity index (χ2n) is 4.72. The molecule has 0 bridgehead atoms. The lowest BCUT2D eigenvalue weighted by Crippen LogP contribution is -2.31. The fraction of sp³-hybridized carbons (Fsp3) is 0.545. The van der Waals surface area contributed by atoms with Crippen molar-refractivity contribution < 1.29 is 0 Å². The Balaban J connectivity index is 1.96. The number of rotatable bonds is 2. The summed E-state index contributed by atoms with van der Waals surface area (Å²) in [4.78, 5) is 15.6. The van der Waals surface area contributed by atoms with E-state index in [-0.39, 0.29) is 5.54 Å². The predicted octanol–water partition coefficient (Wildman–Crippen LogP) is 2.10. The lowest BCUT2D eigenvalue weighted by molar-refractivity contribution is 0.531. The summed E-state index contributed by atoms with van der Waals surface area (Å²) in [5.74, 6) is 0.868. The van der Waals surface area contributed by atoms with Gasteiger partial charge in [0.25, 0.3) is 0 Å². The van der Waals surface area contributed by atoms with Crippen molar-refractivity contribution in [2.75, 3.05) is 5.32 Å². The van der Waals surface area contributed by atoms with E-state index in [9.17, 15) is 0 Å². The monoisotopic (exact) mass is 217 g/mol. The van der Waals surface area contributed by atoms with Crippen LogP contribution in [0.3, 0.4) is 0 Å². The van der Waals surface area contributed by atoms with Crippen molar-refractivity contribution in [3.8, 4) is 0 Å². The largest absolute Gasteiger partial charge is 0.363 e. The highest BCUT2D eigenvalue weighted by molar-refractivity contribution is 5.82. The fourth-order valence-corrected chi connectivity index (χ4v) is 2.43. The first-order chi connectivity index (χ1) is 7.77. The first-order valence-corrected chi connectivity index (χ1v) is 5.69. The lowest BCUT2D eigenvalue weighted by Gasteiger charge is -2.25. The van der Waals surface area contributed by atoms with Gasteiger partial charge in [-0.25, -0.2) is 15.0 Å². The molecule has 3 rings (SSSR count). The van der Waals surface area contributed by atoms with E-state index in [1.807, 2.05) is 0 Å². The maximum atomic E-state index is 4.29. The summed E-state index contributed by atoms with van der Waals surface area (Å²) >= 11 is 0. The molecular formula is C11H15N5. The van der Waals surface area contributed by atoms with Crippen LogP contribution in [0, 0.1) is 0 Å². The van der Waals surface area contributed by atoms with Gasteiger partial charge < -0.3 is 10.3 Å².